The second-order valence-corrected chi connectivity index (χ2v) is 5.53. The van der Waals surface area contributed by atoms with E-state index in [0.717, 1.165) is 6.54 Å². The third-order valence-corrected chi connectivity index (χ3v) is 2.83. The Kier molecular flexibility index (Phi) is 4.59. The summed E-state index contributed by atoms with van der Waals surface area (Å²) in [7, 11) is 0. The van der Waals surface area contributed by atoms with Crippen LogP contribution in [0.15, 0.2) is 0 Å². The number of ether oxygens (including phenoxy) is 1. The third kappa shape index (κ3) is 4.84. The molecule has 94 valence electrons. The number of alkyl carbamates (subject to hydrolysis) is 1. The van der Waals surface area contributed by atoms with Gasteiger partial charge in [-0.2, -0.15) is 0 Å². The van der Waals surface area contributed by atoms with Crippen molar-refractivity contribution >= 4 is 6.09 Å². The molecule has 1 amide bonds. The summed E-state index contributed by atoms with van der Waals surface area (Å²) in [6.07, 6.45) is 2.04. The molecule has 1 heterocycles. The fourth-order valence-corrected chi connectivity index (χ4v) is 1.92. The molecule has 2 atom stereocenters. The Labute approximate surface area is 98.1 Å². The first kappa shape index (κ1) is 13.3. The zero-order valence-corrected chi connectivity index (χ0v) is 10.8. The largest absolute Gasteiger partial charge is 0.444 e. The van der Waals surface area contributed by atoms with Crippen LogP contribution < -0.4 is 10.6 Å². The maximum atomic E-state index is 11.5. The van der Waals surface area contributed by atoms with Crippen molar-refractivity contribution in [1.82, 2.24) is 10.6 Å². The molecule has 0 saturated carbocycles. The van der Waals surface area contributed by atoms with Crippen molar-refractivity contribution in [3.05, 3.63) is 0 Å². The monoisotopic (exact) mass is 228 g/mol. The Balaban J connectivity index is 2.25. The second-order valence-electron chi connectivity index (χ2n) is 5.53. The van der Waals surface area contributed by atoms with Crippen molar-refractivity contribution in [1.29, 1.82) is 0 Å². The summed E-state index contributed by atoms with van der Waals surface area (Å²) in [5, 5.41) is 6.25. The molecular formula is C12H24N2O2. The molecule has 0 aromatic rings. The van der Waals surface area contributed by atoms with Gasteiger partial charge in [0.2, 0.25) is 0 Å². The molecule has 0 bridgehead atoms. The van der Waals surface area contributed by atoms with Crippen LogP contribution in [0.3, 0.4) is 0 Å². The summed E-state index contributed by atoms with van der Waals surface area (Å²) in [6.45, 7) is 9.57. The van der Waals surface area contributed by atoms with Gasteiger partial charge in [0.05, 0.1) is 0 Å². The maximum Gasteiger partial charge on any atom is 0.407 e. The number of carbonyl (C=O) groups excluding carboxylic acids is 1. The summed E-state index contributed by atoms with van der Waals surface area (Å²) in [4.78, 5) is 11.5. The number of piperidine rings is 1. The molecule has 0 spiro atoms. The van der Waals surface area contributed by atoms with Crippen LogP contribution in [-0.4, -0.2) is 30.8 Å². The summed E-state index contributed by atoms with van der Waals surface area (Å²) < 4.78 is 5.19. The molecule has 1 aliphatic rings. The van der Waals surface area contributed by atoms with Gasteiger partial charge >= 0.3 is 6.09 Å². The first-order valence-electron chi connectivity index (χ1n) is 6.09. The number of hydrogen-bond acceptors (Lipinski definition) is 3. The highest BCUT2D eigenvalue weighted by Crippen LogP contribution is 2.15. The molecule has 0 aliphatic carbocycles. The van der Waals surface area contributed by atoms with E-state index in [1.807, 2.05) is 20.8 Å². The molecule has 0 aromatic carbocycles. The van der Waals surface area contributed by atoms with Gasteiger partial charge in [0.15, 0.2) is 0 Å². The first-order valence-corrected chi connectivity index (χ1v) is 6.09. The summed E-state index contributed by atoms with van der Waals surface area (Å²) in [6, 6.07) is 0.476. The van der Waals surface area contributed by atoms with Crippen molar-refractivity contribution in [2.75, 3.05) is 13.1 Å². The molecule has 0 unspecified atom stereocenters. The van der Waals surface area contributed by atoms with Crippen LogP contribution >= 0.6 is 0 Å². The Bertz CT molecular complexity index is 236. The summed E-state index contributed by atoms with van der Waals surface area (Å²) >= 11 is 0. The Morgan fingerprint density at radius 2 is 2.19 bits per heavy atom. The zero-order valence-electron chi connectivity index (χ0n) is 10.8. The smallest absolute Gasteiger partial charge is 0.407 e. The molecule has 1 rings (SSSR count). The fraction of sp³-hybridized carbons (Fsp3) is 0.917. The molecule has 4 heteroatoms. The van der Waals surface area contributed by atoms with Gasteiger partial charge < -0.3 is 15.4 Å². The predicted octanol–water partition coefficient (Wildman–Crippen LogP) is 1.90. The van der Waals surface area contributed by atoms with Crippen molar-refractivity contribution in [3.8, 4) is 0 Å². The lowest BCUT2D eigenvalue weighted by atomic mass is 9.92. The minimum atomic E-state index is -0.416. The topological polar surface area (TPSA) is 50.4 Å². The molecule has 16 heavy (non-hydrogen) atoms. The quantitative estimate of drug-likeness (QED) is 0.759. The van der Waals surface area contributed by atoms with E-state index in [4.69, 9.17) is 4.74 Å². The molecular weight excluding hydrogens is 204 g/mol. The van der Waals surface area contributed by atoms with Gasteiger partial charge in [0, 0.05) is 12.6 Å². The van der Waals surface area contributed by atoms with Gasteiger partial charge in [0.25, 0.3) is 0 Å². The number of carbonyl (C=O) groups is 1. The number of nitrogens with one attached hydrogen (secondary N) is 2. The van der Waals surface area contributed by atoms with Crippen molar-refractivity contribution < 1.29 is 9.53 Å². The summed E-state index contributed by atoms with van der Waals surface area (Å²) in [5.41, 5.74) is -0.416. The highest BCUT2D eigenvalue weighted by atomic mass is 16.6. The van der Waals surface area contributed by atoms with E-state index in [9.17, 15) is 4.79 Å². The SMILES string of the molecule is C[C@@H]1NCCC[C@H]1CNC(=O)OC(C)(C)C. The van der Waals surface area contributed by atoms with Gasteiger partial charge in [-0.15, -0.1) is 0 Å². The van der Waals surface area contributed by atoms with Crippen molar-refractivity contribution in [3.63, 3.8) is 0 Å². The van der Waals surface area contributed by atoms with Gasteiger partial charge in [-0.25, -0.2) is 4.79 Å². The Morgan fingerprint density at radius 3 is 2.75 bits per heavy atom. The van der Waals surface area contributed by atoms with Crippen molar-refractivity contribution in [2.45, 2.75) is 52.2 Å². The van der Waals surface area contributed by atoms with Crippen LogP contribution in [0.25, 0.3) is 0 Å². The lowest BCUT2D eigenvalue weighted by Gasteiger charge is -2.30. The molecule has 0 radical (unpaired) electrons. The molecule has 4 nitrogen and oxygen atoms in total. The average molecular weight is 228 g/mol. The molecule has 0 aromatic heterocycles. The normalized spacial score (nSPS) is 26.2. The summed E-state index contributed by atoms with van der Waals surface area (Å²) in [5.74, 6) is 0.515. The second kappa shape index (κ2) is 5.53. The Hall–Kier alpha value is -0.770. The lowest BCUT2D eigenvalue weighted by Crippen LogP contribution is -2.45. The molecule has 1 saturated heterocycles. The van der Waals surface area contributed by atoms with E-state index >= 15 is 0 Å². The maximum absolute atomic E-state index is 11.5. The highest BCUT2D eigenvalue weighted by molar-refractivity contribution is 5.67. The minimum absolute atomic E-state index is 0.315. The first-order chi connectivity index (χ1) is 7.38. The van der Waals surface area contributed by atoms with Crippen LogP contribution in [-0.2, 0) is 4.74 Å². The number of rotatable bonds is 2. The van der Waals surface area contributed by atoms with E-state index in [2.05, 4.69) is 17.6 Å². The van der Waals surface area contributed by atoms with Crippen LogP contribution in [0.2, 0.25) is 0 Å². The van der Waals surface area contributed by atoms with Gasteiger partial charge in [-0.1, -0.05) is 0 Å². The minimum Gasteiger partial charge on any atom is -0.444 e. The zero-order chi connectivity index (χ0) is 12.2. The van der Waals surface area contributed by atoms with E-state index in [0.29, 0.717) is 18.5 Å². The predicted molar refractivity (Wildman–Crippen MR) is 64.4 cm³/mol. The Morgan fingerprint density at radius 1 is 1.50 bits per heavy atom. The standard InChI is InChI=1S/C12H24N2O2/c1-9-10(6-5-7-13-9)8-14-11(15)16-12(2,3)4/h9-10,13H,5-8H2,1-4H3,(H,14,15)/t9-,10-/m0/s1. The molecule has 2 N–H and O–H groups in total. The number of hydrogen-bond donors (Lipinski definition) is 2. The van der Waals surface area contributed by atoms with E-state index in [1.165, 1.54) is 12.8 Å². The van der Waals surface area contributed by atoms with E-state index in [1.54, 1.807) is 0 Å². The average Bonchev–Trinajstić information content (AvgIpc) is 2.14. The van der Waals surface area contributed by atoms with Crippen LogP contribution in [0.4, 0.5) is 4.79 Å². The molecule has 1 fully saturated rings. The van der Waals surface area contributed by atoms with Crippen molar-refractivity contribution in [2.24, 2.45) is 5.92 Å². The molecule has 1 aliphatic heterocycles. The van der Waals surface area contributed by atoms with Crippen LogP contribution in [0, 0.1) is 5.92 Å². The van der Waals surface area contributed by atoms with Gasteiger partial charge in [-0.05, 0) is 53.0 Å². The van der Waals surface area contributed by atoms with Gasteiger partial charge in [0.1, 0.15) is 5.60 Å². The number of amides is 1. The fourth-order valence-electron chi connectivity index (χ4n) is 1.92. The third-order valence-electron chi connectivity index (χ3n) is 2.83. The highest BCUT2D eigenvalue weighted by Gasteiger charge is 2.22. The van der Waals surface area contributed by atoms with Crippen LogP contribution in [0.1, 0.15) is 40.5 Å². The van der Waals surface area contributed by atoms with Gasteiger partial charge in [-0.3, -0.25) is 0 Å². The lowest BCUT2D eigenvalue weighted by molar-refractivity contribution is 0.0512. The van der Waals surface area contributed by atoms with Crippen LogP contribution in [0.5, 0.6) is 0 Å². The van der Waals surface area contributed by atoms with E-state index < -0.39 is 5.60 Å². The van der Waals surface area contributed by atoms with E-state index in [-0.39, 0.29) is 6.09 Å².